The normalized spacial score (nSPS) is 10.4. The Bertz CT molecular complexity index is 624. The van der Waals surface area contributed by atoms with Crippen molar-refractivity contribution >= 4 is 17.3 Å². The zero-order chi connectivity index (χ0) is 15.2. The molecule has 0 bridgehead atoms. The summed E-state index contributed by atoms with van der Waals surface area (Å²) < 4.78 is 11.7. The van der Waals surface area contributed by atoms with Crippen molar-refractivity contribution < 1.29 is 14.3 Å². The number of nitrogen functional groups attached to an aromatic ring is 1. The third-order valence-corrected chi connectivity index (χ3v) is 2.92. The Morgan fingerprint density at radius 2 is 2.24 bits per heavy atom. The summed E-state index contributed by atoms with van der Waals surface area (Å²) in [5.74, 6) is 0.317. The SMILES string of the molecule is COCCn1cc(NC(=O)c2ccc(OC)cc2N)cn1. The molecule has 2 aromatic rings. The van der Waals surface area contributed by atoms with Gasteiger partial charge in [-0.25, -0.2) is 0 Å². The lowest BCUT2D eigenvalue weighted by Crippen LogP contribution is -2.13. The summed E-state index contributed by atoms with van der Waals surface area (Å²) in [5, 5.41) is 6.87. The van der Waals surface area contributed by atoms with Crippen molar-refractivity contribution in [2.24, 2.45) is 0 Å². The fourth-order valence-electron chi connectivity index (χ4n) is 1.81. The monoisotopic (exact) mass is 290 g/mol. The minimum atomic E-state index is -0.290. The van der Waals surface area contributed by atoms with Crippen LogP contribution in [-0.2, 0) is 11.3 Å². The van der Waals surface area contributed by atoms with Gasteiger partial charge in [-0.1, -0.05) is 0 Å². The Hall–Kier alpha value is -2.54. The van der Waals surface area contributed by atoms with E-state index >= 15 is 0 Å². The van der Waals surface area contributed by atoms with Crippen LogP contribution in [0.2, 0.25) is 0 Å². The Morgan fingerprint density at radius 1 is 1.43 bits per heavy atom. The smallest absolute Gasteiger partial charge is 0.257 e. The lowest BCUT2D eigenvalue weighted by atomic mass is 10.1. The van der Waals surface area contributed by atoms with E-state index in [1.807, 2.05) is 0 Å². The van der Waals surface area contributed by atoms with Crippen LogP contribution in [-0.4, -0.2) is 36.5 Å². The van der Waals surface area contributed by atoms with Gasteiger partial charge < -0.3 is 20.5 Å². The lowest BCUT2D eigenvalue weighted by molar-refractivity contribution is 0.102. The molecule has 0 saturated carbocycles. The molecule has 2 rings (SSSR count). The molecule has 7 heteroatoms. The van der Waals surface area contributed by atoms with Crippen LogP contribution < -0.4 is 15.8 Å². The summed E-state index contributed by atoms with van der Waals surface area (Å²) in [4.78, 5) is 12.2. The van der Waals surface area contributed by atoms with Gasteiger partial charge in [0.25, 0.3) is 5.91 Å². The second-order valence-electron chi connectivity index (χ2n) is 4.39. The van der Waals surface area contributed by atoms with Gasteiger partial charge in [0, 0.05) is 25.1 Å². The third-order valence-electron chi connectivity index (χ3n) is 2.92. The zero-order valence-electron chi connectivity index (χ0n) is 12.0. The number of carbonyl (C=O) groups excluding carboxylic acids is 1. The highest BCUT2D eigenvalue weighted by Gasteiger charge is 2.11. The van der Waals surface area contributed by atoms with Crippen molar-refractivity contribution in [1.29, 1.82) is 0 Å². The maximum Gasteiger partial charge on any atom is 0.257 e. The Balaban J connectivity index is 2.05. The number of benzene rings is 1. The van der Waals surface area contributed by atoms with E-state index in [0.29, 0.717) is 35.8 Å². The van der Waals surface area contributed by atoms with E-state index in [4.69, 9.17) is 15.2 Å². The number of nitrogens with two attached hydrogens (primary N) is 1. The summed E-state index contributed by atoms with van der Waals surface area (Å²) in [6.07, 6.45) is 3.31. The third kappa shape index (κ3) is 3.73. The largest absolute Gasteiger partial charge is 0.497 e. The Labute approximate surface area is 122 Å². The number of hydrogen-bond acceptors (Lipinski definition) is 5. The second kappa shape index (κ2) is 6.76. The number of aromatic nitrogens is 2. The molecule has 0 atom stereocenters. The molecular formula is C14H18N4O3. The number of hydrogen-bond donors (Lipinski definition) is 2. The van der Waals surface area contributed by atoms with Gasteiger partial charge in [0.15, 0.2) is 0 Å². The molecule has 0 saturated heterocycles. The van der Waals surface area contributed by atoms with Crippen LogP contribution in [0.3, 0.4) is 0 Å². The molecule has 1 aromatic heterocycles. The van der Waals surface area contributed by atoms with Crippen molar-refractivity contribution in [3.63, 3.8) is 0 Å². The maximum atomic E-state index is 12.2. The van der Waals surface area contributed by atoms with Gasteiger partial charge in [-0.05, 0) is 12.1 Å². The maximum absolute atomic E-state index is 12.2. The highest BCUT2D eigenvalue weighted by atomic mass is 16.5. The molecule has 0 radical (unpaired) electrons. The van der Waals surface area contributed by atoms with Crippen LogP contribution in [0.1, 0.15) is 10.4 Å². The van der Waals surface area contributed by atoms with Crippen LogP contribution >= 0.6 is 0 Å². The predicted molar refractivity (Wildman–Crippen MR) is 79.5 cm³/mol. The van der Waals surface area contributed by atoms with Crippen LogP contribution in [0.4, 0.5) is 11.4 Å². The molecule has 0 aliphatic rings. The topological polar surface area (TPSA) is 91.4 Å². The first kappa shape index (κ1) is 14.9. The van der Waals surface area contributed by atoms with Crippen molar-refractivity contribution in [2.75, 3.05) is 31.9 Å². The number of nitrogens with one attached hydrogen (secondary N) is 1. The van der Waals surface area contributed by atoms with E-state index in [9.17, 15) is 4.79 Å². The Morgan fingerprint density at radius 3 is 2.90 bits per heavy atom. The minimum absolute atomic E-state index is 0.290. The molecule has 1 heterocycles. The molecule has 21 heavy (non-hydrogen) atoms. The molecule has 0 spiro atoms. The molecule has 0 aliphatic heterocycles. The first-order valence-electron chi connectivity index (χ1n) is 6.40. The molecule has 0 aliphatic carbocycles. The standard InChI is InChI=1S/C14H18N4O3/c1-20-6-5-18-9-10(8-16-18)17-14(19)12-4-3-11(21-2)7-13(12)15/h3-4,7-9H,5-6,15H2,1-2H3,(H,17,19). The highest BCUT2D eigenvalue weighted by Crippen LogP contribution is 2.20. The summed E-state index contributed by atoms with van der Waals surface area (Å²) in [7, 11) is 3.17. The highest BCUT2D eigenvalue weighted by molar-refractivity contribution is 6.07. The molecule has 0 unspecified atom stereocenters. The number of anilines is 2. The van der Waals surface area contributed by atoms with Gasteiger partial charge in [-0.15, -0.1) is 0 Å². The average molecular weight is 290 g/mol. The van der Waals surface area contributed by atoms with Crippen molar-refractivity contribution in [2.45, 2.75) is 6.54 Å². The lowest BCUT2D eigenvalue weighted by Gasteiger charge is -2.07. The molecule has 112 valence electrons. The summed E-state index contributed by atoms with van der Waals surface area (Å²) in [6.45, 7) is 1.18. The first-order valence-corrected chi connectivity index (χ1v) is 6.40. The number of methoxy groups -OCH3 is 2. The van der Waals surface area contributed by atoms with Gasteiger partial charge >= 0.3 is 0 Å². The number of nitrogens with zero attached hydrogens (tertiary/aromatic N) is 2. The molecule has 1 aromatic carbocycles. The van der Waals surface area contributed by atoms with Gasteiger partial charge in [0.2, 0.25) is 0 Å². The quantitative estimate of drug-likeness (QED) is 0.784. The molecule has 0 fully saturated rings. The number of ether oxygens (including phenoxy) is 2. The number of carbonyl (C=O) groups is 1. The fraction of sp³-hybridized carbons (Fsp3) is 0.286. The van der Waals surface area contributed by atoms with Gasteiger partial charge in [-0.2, -0.15) is 5.10 Å². The predicted octanol–water partition coefficient (Wildman–Crippen LogP) is 1.37. The van der Waals surface area contributed by atoms with Crippen LogP contribution in [0, 0.1) is 0 Å². The molecule has 1 amide bonds. The van der Waals surface area contributed by atoms with Crippen molar-refractivity contribution in [3.05, 3.63) is 36.2 Å². The van der Waals surface area contributed by atoms with Gasteiger partial charge in [0.1, 0.15) is 5.75 Å². The van der Waals surface area contributed by atoms with Gasteiger partial charge in [0.05, 0.1) is 37.7 Å². The molecular weight excluding hydrogens is 272 g/mol. The zero-order valence-corrected chi connectivity index (χ0v) is 12.0. The van der Waals surface area contributed by atoms with E-state index in [2.05, 4.69) is 10.4 Å². The van der Waals surface area contributed by atoms with Crippen molar-refractivity contribution in [3.8, 4) is 5.75 Å². The first-order chi connectivity index (χ1) is 10.1. The number of rotatable bonds is 6. The van der Waals surface area contributed by atoms with Crippen molar-refractivity contribution in [1.82, 2.24) is 9.78 Å². The van der Waals surface area contributed by atoms with E-state index in [1.54, 1.807) is 49.5 Å². The summed E-state index contributed by atoms with van der Waals surface area (Å²) in [5.41, 5.74) is 7.20. The summed E-state index contributed by atoms with van der Waals surface area (Å²) >= 11 is 0. The van der Waals surface area contributed by atoms with E-state index in [1.165, 1.54) is 0 Å². The fourth-order valence-corrected chi connectivity index (χ4v) is 1.81. The van der Waals surface area contributed by atoms with E-state index < -0.39 is 0 Å². The van der Waals surface area contributed by atoms with Crippen LogP contribution in [0.5, 0.6) is 5.75 Å². The van der Waals surface area contributed by atoms with E-state index in [-0.39, 0.29) is 5.91 Å². The van der Waals surface area contributed by atoms with E-state index in [0.717, 1.165) is 0 Å². The average Bonchev–Trinajstić information content (AvgIpc) is 2.92. The van der Waals surface area contributed by atoms with Crippen LogP contribution in [0.15, 0.2) is 30.6 Å². The second-order valence-corrected chi connectivity index (χ2v) is 4.39. The Kier molecular flexibility index (Phi) is 4.78. The summed E-state index contributed by atoms with van der Waals surface area (Å²) in [6, 6.07) is 4.92. The molecule has 3 N–H and O–H groups in total. The van der Waals surface area contributed by atoms with Gasteiger partial charge in [-0.3, -0.25) is 9.48 Å². The number of amides is 1. The molecule has 7 nitrogen and oxygen atoms in total. The minimum Gasteiger partial charge on any atom is -0.497 e. The van der Waals surface area contributed by atoms with Crippen LogP contribution in [0.25, 0.3) is 0 Å².